The van der Waals surface area contributed by atoms with Gasteiger partial charge in [0.05, 0.1) is 4.90 Å². The van der Waals surface area contributed by atoms with Crippen LogP contribution in [0.3, 0.4) is 0 Å². The molecule has 2 N–H and O–H groups in total. The quantitative estimate of drug-likeness (QED) is 0.884. The molecule has 1 unspecified atom stereocenters. The molecule has 106 valence electrons. The van der Waals surface area contributed by atoms with E-state index in [1.165, 1.54) is 30.0 Å². The third-order valence-electron chi connectivity index (χ3n) is 3.07. The van der Waals surface area contributed by atoms with Gasteiger partial charge in [0.15, 0.2) is 0 Å². The first-order valence-electron chi connectivity index (χ1n) is 6.56. The molecule has 0 amide bonds. The average Bonchev–Trinajstić information content (AvgIpc) is 2.42. The zero-order valence-electron chi connectivity index (χ0n) is 11.3. The summed E-state index contributed by atoms with van der Waals surface area (Å²) in [5.74, 6) is -0.613. The van der Waals surface area contributed by atoms with E-state index in [-0.39, 0.29) is 17.7 Å². The summed E-state index contributed by atoms with van der Waals surface area (Å²) < 4.78 is 27.2. The van der Waals surface area contributed by atoms with Gasteiger partial charge in [0.1, 0.15) is 11.6 Å². The van der Waals surface area contributed by atoms with E-state index in [9.17, 15) is 8.78 Å². The van der Waals surface area contributed by atoms with Crippen LogP contribution in [0.4, 0.5) is 8.78 Å². The van der Waals surface area contributed by atoms with E-state index in [0.717, 1.165) is 12.0 Å². The molecule has 0 saturated carbocycles. The van der Waals surface area contributed by atoms with Crippen LogP contribution in [0.25, 0.3) is 0 Å². The number of benzene rings is 2. The van der Waals surface area contributed by atoms with Gasteiger partial charge in [-0.05, 0) is 42.7 Å². The number of halogens is 2. The molecule has 0 aliphatic heterocycles. The molecule has 1 atom stereocenters. The first-order chi connectivity index (χ1) is 9.60. The van der Waals surface area contributed by atoms with E-state index in [0.29, 0.717) is 16.2 Å². The Morgan fingerprint density at radius 2 is 1.90 bits per heavy atom. The molecule has 0 fully saturated rings. The minimum Gasteiger partial charge on any atom is -0.327 e. The second-order valence-corrected chi connectivity index (χ2v) is 5.74. The van der Waals surface area contributed by atoms with Crippen molar-refractivity contribution in [3.8, 4) is 0 Å². The van der Waals surface area contributed by atoms with Gasteiger partial charge in [0, 0.05) is 10.9 Å². The van der Waals surface area contributed by atoms with Crippen LogP contribution in [0.15, 0.2) is 52.3 Å². The second-order valence-electron chi connectivity index (χ2n) is 4.66. The highest BCUT2D eigenvalue weighted by atomic mass is 32.2. The summed E-state index contributed by atoms with van der Waals surface area (Å²) in [5, 5.41) is 0. The highest BCUT2D eigenvalue weighted by molar-refractivity contribution is 7.99. The Hall–Kier alpha value is -1.39. The molecule has 20 heavy (non-hydrogen) atoms. The van der Waals surface area contributed by atoms with Gasteiger partial charge in [-0.3, -0.25) is 0 Å². The predicted octanol–water partition coefficient (Wildman–Crippen LogP) is 4.40. The maximum Gasteiger partial charge on any atom is 0.137 e. The van der Waals surface area contributed by atoms with Crippen molar-refractivity contribution < 1.29 is 8.78 Å². The Bertz CT molecular complexity index is 586. The summed E-state index contributed by atoms with van der Waals surface area (Å²) in [7, 11) is 0. The SMILES string of the molecule is CCC(N)Cc1cccc(F)c1Sc1cccc(F)c1. The Morgan fingerprint density at radius 3 is 2.60 bits per heavy atom. The van der Waals surface area contributed by atoms with E-state index >= 15 is 0 Å². The lowest BCUT2D eigenvalue weighted by Gasteiger charge is -2.14. The third-order valence-corrected chi connectivity index (χ3v) is 4.22. The van der Waals surface area contributed by atoms with Gasteiger partial charge in [-0.2, -0.15) is 0 Å². The number of nitrogens with two attached hydrogens (primary N) is 1. The monoisotopic (exact) mass is 293 g/mol. The molecule has 0 heterocycles. The molecule has 0 spiro atoms. The van der Waals surface area contributed by atoms with Crippen LogP contribution in [-0.2, 0) is 6.42 Å². The van der Waals surface area contributed by atoms with Gasteiger partial charge < -0.3 is 5.73 Å². The summed E-state index contributed by atoms with van der Waals surface area (Å²) in [4.78, 5) is 1.21. The van der Waals surface area contributed by atoms with Crippen LogP contribution in [0, 0.1) is 11.6 Å². The predicted molar refractivity (Wildman–Crippen MR) is 78.9 cm³/mol. The fourth-order valence-electron chi connectivity index (χ4n) is 1.90. The Balaban J connectivity index is 2.30. The van der Waals surface area contributed by atoms with E-state index < -0.39 is 0 Å². The van der Waals surface area contributed by atoms with E-state index in [1.54, 1.807) is 18.2 Å². The molecule has 2 aromatic rings. The van der Waals surface area contributed by atoms with E-state index in [2.05, 4.69) is 0 Å². The van der Waals surface area contributed by atoms with Gasteiger partial charge in [0.2, 0.25) is 0 Å². The molecule has 2 aromatic carbocycles. The van der Waals surface area contributed by atoms with Crippen molar-refractivity contribution in [3.63, 3.8) is 0 Å². The van der Waals surface area contributed by atoms with Gasteiger partial charge in [0.25, 0.3) is 0 Å². The van der Waals surface area contributed by atoms with Crippen molar-refractivity contribution in [3.05, 3.63) is 59.7 Å². The molecule has 0 aliphatic rings. The largest absolute Gasteiger partial charge is 0.327 e. The fraction of sp³-hybridized carbons (Fsp3) is 0.250. The minimum absolute atomic E-state index is 0.00339. The number of hydrogen-bond acceptors (Lipinski definition) is 2. The van der Waals surface area contributed by atoms with Crippen LogP contribution in [0.2, 0.25) is 0 Å². The lowest BCUT2D eigenvalue weighted by Crippen LogP contribution is -2.21. The molecular formula is C16H17F2NS. The fourth-order valence-corrected chi connectivity index (χ4v) is 2.91. The van der Waals surface area contributed by atoms with Crippen LogP contribution in [-0.4, -0.2) is 6.04 Å². The molecule has 0 bridgehead atoms. The zero-order valence-corrected chi connectivity index (χ0v) is 12.1. The smallest absolute Gasteiger partial charge is 0.137 e. The molecular weight excluding hydrogens is 276 g/mol. The third kappa shape index (κ3) is 3.81. The lowest BCUT2D eigenvalue weighted by atomic mass is 10.0. The molecule has 0 radical (unpaired) electrons. The Morgan fingerprint density at radius 1 is 1.15 bits per heavy atom. The Labute approximate surface area is 122 Å². The first-order valence-corrected chi connectivity index (χ1v) is 7.38. The maximum atomic E-state index is 14.0. The van der Waals surface area contributed by atoms with E-state index in [4.69, 9.17) is 5.73 Å². The van der Waals surface area contributed by atoms with Gasteiger partial charge in [-0.1, -0.05) is 36.9 Å². The summed E-state index contributed by atoms with van der Waals surface area (Å²) in [5.41, 5.74) is 6.82. The highest BCUT2D eigenvalue weighted by Crippen LogP contribution is 2.33. The van der Waals surface area contributed by atoms with Crippen LogP contribution >= 0.6 is 11.8 Å². The Kier molecular flexibility index (Phi) is 5.15. The molecule has 2 rings (SSSR count). The summed E-state index contributed by atoms with van der Waals surface area (Å²) in [6, 6.07) is 11.1. The lowest BCUT2D eigenvalue weighted by molar-refractivity contribution is 0.585. The molecule has 4 heteroatoms. The van der Waals surface area contributed by atoms with Gasteiger partial charge in [-0.25, -0.2) is 8.78 Å². The molecule has 0 aliphatic carbocycles. The van der Waals surface area contributed by atoms with Gasteiger partial charge >= 0.3 is 0 Å². The van der Waals surface area contributed by atoms with Crippen LogP contribution in [0.1, 0.15) is 18.9 Å². The van der Waals surface area contributed by atoms with Crippen molar-refractivity contribution >= 4 is 11.8 Å². The molecule has 1 nitrogen and oxygen atoms in total. The first kappa shape index (κ1) is 15.0. The van der Waals surface area contributed by atoms with Crippen LogP contribution in [0.5, 0.6) is 0 Å². The number of hydrogen-bond donors (Lipinski definition) is 1. The van der Waals surface area contributed by atoms with Crippen molar-refractivity contribution in [2.75, 3.05) is 0 Å². The zero-order chi connectivity index (χ0) is 14.5. The van der Waals surface area contributed by atoms with Crippen molar-refractivity contribution in [1.82, 2.24) is 0 Å². The average molecular weight is 293 g/mol. The van der Waals surface area contributed by atoms with Gasteiger partial charge in [-0.15, -0.1) is 0 Å². The summed E-state index contributed by atoms with van der Waals surface area (Å²) in [6.45, 7) is 2.00. The topological polar surface area (TPSA) is 26.0 Å². The maximum absolute atomic E-state index is 14.0. The van der Waals surface area contributed by atoms with Crippen molar-refractivity contribution in [2.24, 2.45) is 5.73 Å². The van der Waals surface area contributed by atoms with Crippen molar-refractivity contribution in [2.45, 2.75) is 35.6 Å². The van der Waals surface area contributed by atoms with Crippen LogP contribution < -0.4 is 5.73 Å². The minimum atomic E-state index is -0.321. The number of rotatable bonds is 5. The summed E-state index contributed by atoms with van der Waals surface area (Å²) in [6.07, 6.45) is 1.45. The summed E-state index contributed by atoms with van der Waals surface area (Å²) >= 11 is 1.24. The normalized spacial score (nSPS) is 12.4. The highest BCUT2D eigenvalue weighted by Gasteiger charge is 2.12. The standard InChI is InChI=1S/C16H17F2NS/c1-2-13(19)9-11-5-3-8-15(18)16(11)20-14-7-4-6-12(17)10-14/h3-8,10,13H,2,9,19H2,1H3. The molecule has 0 saturated heterocycles. The molecule has 0 aromatic heterocycles. The van der Waals surface area contributed by atoms with E-state index in [1.807, 2.05) is 13.0 Å². The van der Waals surface area contributed by atoms with Crippen molar-refractivity contribution in [1.29, 1.82) is 0 Å². The second kappa shape index (κ2) is 6.86.